The van der Waals surface area contributed by atoms with Crippen LogP contribution >= 0.6 is 0 Å². The average molecular weight is 1020 g/mol. The minimum Gasteiger partial charge on any atom is -0.477 e. The molecule has 0 saturated carbocycles. The Balaban J connectivity index is 4.33. The fourth-order valence-corrected chi connectivity index (χ4v) is 7.36. The van der Waals surface area contributed by atoms with Crippen LogP contribution in [0.2, 0.25) is 0 Å². The van der Waals surface area contributed by atoms with Crippen molar-refractivity contribution >= 4 is 17.9 Å². The molecule has 9 heteroatoms. The average Bonchev–Trinajstić information content (AvgIpc) is 3.36. The van der Waals surface area contributed by atoms with Crippen molar-refractivity contribution in [2.45, 2.75) is 219 Å². The highest BCUT2D eigenvalue weighted by molar-refractivity contribution is 5.71. The van der Waals surface area contributed by atoms with Crippen LogP contribution in [0.3, 0.4) is 0 Å². The summed E-state index contributed by atoms with van der Waals surface area (Å²) < 4.78 is 22.8. The monoisotopic (exact) mass is 1020 g/mol. The maximum Gasteiger partial charge on any atom is 0.361 e. The summed E-state index contributed by atoms with van der Waals surface area (Å²) in [5.74, 6) is -2.05. The quantitative estimate of drug-likeness (QED) is 0.0211. The molecule has 0 spiro atoms. The molecular weight excluding hydrogens is 911 g/mol. The number of rotatable bonds is 51. The van der Waals surface area contributed by atoms with Crippen LogP contribution in [-0.4, -0.2) is 87.4 Å². The number of carboxylic acid groups (broad SMARTS) is 1. The number of allylic oxidation sites excluding steroid dienone is 20. The van der Waals surface area contributed by atoms with E-state index < -0.39 is 24.3 Å². The van der Waals surface area contributed by atoms with Gasteiger partial charge in [0.15, 0.2) is 6.10 Å². The highest BCUT2D eigenvalue weighted by Gasteiger charge is 2.25. The van der Waals surface area contributed by atoms with E-state index in [-0.39, 0.29) is 38.6 Å². The van der Waals surface area contributed by atoms with Crippen LogP contribution in [-0.2, 0) is 33.3 Å². The highest BCUT2D eigenvalue weighted by Crippen LogP contribution is 2.15. The maximum atomic E-state index is 12.9. The molecule has 0 aromatic carbocycles. The molecule has 0 aromatic heterocycles. The van der Waals surface area contributed by atoms with Gasteiger partial charge in [0.1, 0.15) is 13.2 Å². The summed E-state index contributed by atoms with van der Waals surface area (Å²) in [6.07, 6.45) is 72.7. The van der Waals surface area contributed by atoms with Gasteiger partial charge < -0.3 is 28.5 Å². The molecule has 0 rings (SSSR count). The van der Waals surface area contributed by atoms with E-state index in [4.69, 9.17) is 18.9 Å². The van der Waals surface area contributed by atoms with Gasteiger partial charge in [0.05, 0.1) is 34.4 Å². The van der Waals surface area contributed by atoms with E-state index in [1.807, 2.05) is 21.1 Å². The number of ether oxygens (including phenoxy) is 4. The van der Waals surface area contributed by atoms with Crippen LogP contribution < -0.4 is 0 Å². The summed E-state index contributed by atoms with van der Waals surface area (Å²) in [4.78, 5) is 37.4. The normalized spacial score (nSPS) is 13.7. The van der Waals surface area contributed by atoms with Gasteiger partial charge in [-0.2, -0.15) is 0 Å². The van der Waals surface area contributed by atoms with Gasteiger partial charge in [-0.1, -0.05) is 212 Å². The molecular formula is C64H106NO8+. The minimum atomic E-state index is -1.53. The lowest BCUT2D eigenvalue weighted by Gasteiger charge is -2.25. The van der Waals surface area contributed by atoms with Crippen molar-refractivity contribution in [3.05, 3.63) is 122 Å². The highest BCUT2D eigenvalue weighted by atomic mass is 16.7. The van der Waals surface area contributed by atoms with Crippen molar-refractivity contribution in [3.8, 4) is 0 Å². The number of unbranched alkanes of at least 4 members (excludes halogenated alkanes) is 16. The molecule has 0 fully saturated rings. The Bertz CT molecular complexity index is 1610. The predicted molar refractivity (Wildman–Crippen MR) is 308 cm³/mol. The molecule has 0 saturated heterocycles. The molecule has 1 N–H and O–H groups in total. The third-order valence-corrected chi connectivity index (χ3v) is 11.7. The van der Waals surface area contributed by atoms with Gasteiger partial charge in [0.25, 0.3) is 6.29 Å². The number of hydrogen-bond donors (Lipinski definition) is 1. The Morgan fingerprint density at radius 1 is 0.411 bits per heavy atom. The van der Waals surface area contributed by atoms with Crippen molar-refractivity contribution in [1.29, 1.82) is 0 Å². The van der Waals surface area contributed by atoms with Crippen LogP contribution in [0.15, 0.2) is 122 Å². The van der Waals surface area contributed by atoms with Gasteiger partial charge in [-0.25, -0.2) is 4.79 Å². The summed E-state index contributed by atoms with van der Waals surface area (Å²) in [5.41, 5.74) is 0. The van der Waals surface area contributed by atoms with Crippen LogP contribution in [0.25, 0.3) is 0 Å². The van der Waals surface area contributed by atoms with E-state index in [1.54, 1.807) is 0 Å². The van der Waals surface area contributed by atoms with E-state index in [0.717, 1.165) is 109 Å². The molecule has 414 valence electrons. The number of likely N-dealkylation sites (N-methyl/N-ethyl adjacent to an activating group) is 1. The minimum absolute atomic E-state index is 0.175. The Hall–Kier alpha value is -4.31. The van der Waals surface area contributed by atoms with Crippen molar-refractivity contribution in [2.75, 3.05) is 47.5 Å². The molecule has 2 atom stereocenters. The fourth-order valence-electron chi connectivity index (χ4n) is 7.36. The number of carboxylic acids is 1. The zero-order valence-electron chi connectivity index (χ0n) is 47.0. The molecule has 0 aliphatic heterocycles. The van der Waals surface area contributed by atoms with Crippen molar-refractivity contribution in [3.63, 3.8) is 0 Å². The first-order chi connectivity index (χ1) is 35.6. The number of aliphatic carboxylic acids is 1. The third-order valence-electron chi connectivity index (χ3n) is 11.7. The summed E-state index contributed by atoms with van der Waals surface area (Å²) in [6, 6.07) is 0. The molecule has 0 heterocycles. The van der Waals surface area contributed by atoms with Crippen LogP contribution in [0.5, 0.6) is 0 Å². The Morgan fingerprint density at radius 3 is 1.10 bits per heavy atom. The van der Waals surface area contributed by atoms with E-state index in [2.05, 4.69) is 135 Å². The molecule has 9 nitrogen and oxygen atoms in total. The third kappa shape index (κ3) is 55.3. The lowest BCUT2D eigenvalue weighted by Crippen LogP contribution is -2.40. The summed E-state index contributed by atoms with van der Waals surface area (Å²) in [7, 11) is 5.95. The number of esters is 2. The molecule has 0 aliphatic carbocycles. The van der Waals surface area contributed by atoms with Gasteiger partial charge >= 0.3 is 17.9 Å². The molecule has 0 radical (unpaired) electrons. The lowest BCUT2D eigenvalue weighted by atomic mass is 10.0. The Morgan fingerprint density at radius 2 is 0.740 bits per heavy atom. The summed E-state index contributed by atoms with van der Waals surface area (Å²) >= 11 is 0. The number of carbonyl (C=O) groups excluding carboxylic acids is 2. The molecule has 0 amide bonds. The first-order valence-corrected chi connectivity index (χ1v) is 28.7. The fraction of sp³-hybridized carbons (Fsp3) is 0.641. The second kappa shape index (κ2) is 54.0. The van der Waals surface area contributed by atoms with Gasteiger partial charge in [-0.05, 0) is 103 Å². The zero-order valence-corrected chi connectivity index (χ0v) is 47.0. The van der Waals surface area contributed by atoms with Crippen LogP contribution in [0.1, 0.15) is 206 Å². The summed E-state index contributed by atoms with van der Waals surface area (Å²) in [6.45, 7) is 4.60. The Labute approximate surface area is 447 Å². The van der Waals surface area contributed by atoms with Gasteiger partial charge in [-0.15, -0.1) is 0 Å². The Kier molecular flexibility index (Phi) is 50.8. The summed E-state index contributed by atoms with van der Waals surface area (Å²) in [5, 5.41) is 9.70. The van der Waals surface area contributed by atoms with Gasteiger partial charge in [-0.3, -0.25) is 9.59 Å². The van der Waals surface area contributed by atoms with Crippen LogP contribution in [0.4, 0.5) is 0 Å². The van der Waals surface area contributed by atoms with Crippen LogP contribution in [0, 0.1) is 0 Å². The first kappa shape index (κ1) is 68.7. The molecule has 0 aromatic rings. The molecule has 0 aliphatic rings. The number of nitrogens with zero attached hydrogens (tertiary/aromatic N) is 1. The predicted octanol–water partition coefficient (Wildman–Crippen LogP) is 16.9. The van der Waals surface area contributed by atoms with Crippen molar-refractivity contribution in [2.24, 2.45) is 0 Å². The molecule has 73 heavy (non-hydrogen) atoms. The second-order valence-electron chi connectivity index (χ2n) is 19.8. The SMILES string of the molecule is CC/C=C\C/C=C\C/C=C\C/C=C\C/C=C\C/C=C\CCCCCCC(=O)OC(COC(=O)CCCCCCCCCCCCCC/C=C\C/C=C\C/C=C\C/C=C\CC)COC(OCC[N+](C)(C)C)C(=O)O. The number of carbonyl (C=O) groups is 3. The van der Waals surface area contributed by atoms with E-state index in [9.17, 15) is 19.5 Å². The van der Waals surface area contributed by atoms with Crippen molar-refractivity contribution < 1.29 is 42.9 Å². The van der Waals surface area contributed by atoms with E-state index in [0.29, 0.717) is 17.4 Å². The molecule has 2 unspecified atom stereocenters. The molecule has 0 bridgehead atoms. The maximum absolute atomic E-state index is 12.9. The number of hydrogen-bond acceptors (Lipinski definition) is 7. The van der Waals surface area contributed by atoms with Gasteiger partial charge in [0.2, 0.25) is 0 Å². The first-order valence-electron chi connectivity index (χ1n) is 28.7. The smallest absolute Gasteiger partial charge is 0.361 e. The standard InChI is InChI=1S/C64H105NO8/c1-6-8-10-12-14-16-18-20-22-24-26-28-30-31-33-34-36-38-40-42-44-46-48-50-52-54-61(66)71-58-60(59-72-64(63(68)69)70-57-56-65(3,4)5)73-62(67)55-53-51-49-47-45-43-41-39-37-35-32-29-27-25-23-21-19-17-15-13-11-9-7-2/h8-11,14-17,20-23,26-29,35,37,41,43,60,64H,6-7,12-13,18-19,24-25,30-34,36,38-40,42,44-59H2,1-5H3/p+1/b10-8-,11-9-,16-14-,17-15-,22-20-,23-21-,28-26-,29-27-,37-35-,43-41-. The topological polar surface area (TPSA) is 108 Å². The lowest BCUT2D eigenvalue weighted by molar-refractivity contribution is -0.870. The van der Waals surface area contributed by atoms with E-state index >= 15 is 0 Å². The largest absolute Gasteiger partial charge is 0.477 e. The zero-order chi connectivity index (χ0) is 53.4. The number of quaternary nitrogens is 1. The van der Waals surface area contributed by atoms with Crippen molar-refractivity contribution in [1.82, 2.24) is 0 Å². The second-order valence-corrected chi connectivity index (χ2v) is 19.8. The van der Waals surface area contributed by atoms with E-state index in [1.165, 1.54) is 64.2 Å². The van der Waals surface area contributed by atoms with Gasteiger partial charge in [0, 0.05) is 12.8 Å².